The molecule has 4 N–H and O–H groups in total. The van der Waals surface area contributed by atoms with Crippen LogP contribution in [0.15, 0.2) is 23.3 Å². The summed E-state index contributed by atoms with van der Waals surface area (Å²) in [5.41, 5.74) is 7.59. The van der Waals surface area contributed by atoms with Crippen LogP contribution in [0, 0.1) is 19.3 Å². The average molecular weight is 261 g/mol. The summed E-state index contributed by atoms with van der Waals surface area (Å²) in [6.07, 6.45) is 6.80. The number of nitrogens with one attached hydrogen (secondary N) is 2. The fraction of sp³-hybridized carbons (Fsp3) is 0.250. The molecule has 1 rings (SSSR count). The predicted octanol–water partition coefficient (Wildman–Crippen LogP) is 0.302. The molecule has 1 aromatic rings. The number of thiocarbonyl (C=S) groups is 1. The van der Waals surface area contributed by atoms with Crippen molar-refractivity contribution in [1.29, 1.82) is 0 Å². The maximum absolute atomic E-state index is 5.56. The van der Waals surface area contributed by atoms with Gasteiger partial charge in [-0.05, 0) is 30.8 Å². The second-order valence-electron chi connectivity index (χ2n) is 3.48. The molecular weight excluding hydrogens is 246 g/mol. The molecule has 0 bridgehead atoms. The van der Waals surface area contributed by atoms with Crippen molar-refractivity contribution in [3.8, 4) is 12.3 Å². The summed E-state index contributed by atoms with van der Waals surface area (Å²) in [6, 6.07) is 3.88. The molecule has 0 amide bonds. The highest BCUT2D eigenvalue weighted by molar-refractivity contribution is 7.80. The molecule has 1 heterocycles. The maximum Gasteiger partial charge on any atom is 0.195 e. The van der Waals surface area contributed by atoms with Crippen molar-refractivity contribution < 1.29 is 0 Å². The predicted molar refractivity (Wildman–Crippen MR) is 76.9 cm³/mol. The van der Waals surface area contributed by atoms with Gasteiger partial charge in [0.15, 0.2) is 11.1 Å². The normalized spacial score (nSPS) is 10.6. The third-order valence-corrected chi connectivity index (χ3v) is 2.36. The summed E-state index contributed by atoms with van der Waals surface area (Å²) in [4.78, 5) is 8.10. The molecule has 94 valence electrons. The molecule has 0 radical (unpaired) electrons. The van der Waals surface area contributed by atoms with Gasteiger partial charge < -0.3 is 16.4 Å². The molecule has 0 aliphatic heterocycles. The van der Waals surface area contributed by atoms with Gasteiger partial charge in [0, 0.05) is 6.20 Å². The highest BCUT2D eigenvalue weighted by atomic mass is 32.1. The van der Waals surface area contributed by atoms with Gasteiger partial charge in [-0.25, -0.2) is 4.99 Å². The minimum absolute atomic E-state index is 0.197. The monoisotopic (exact) mass is 261 g/mol. The van der Waals surface area contributed by atoms with Gasteiger partial charge in [-0.1, -0.05) is 12.0 Å². The van der Waals surface area contributed by atoms with E-state index in [2.05, 4.69) is 26.5 Å². The lowest BCUT2D eigenvalue weighted by molar-refractivity contribution is 0.855. The summed E-state index contributed by atoms with van der Waals surface area (Å²) in [5, 5.41) is 6.11. The molecule has 0 spiro atoms. The molecule has 0 saturated heterocycles. The summed E-state index contributed by atoms with van der Waals surface area (Å²) in [7, 11) is 0. The second kappa shape index (κ2) is 7.25. The highest BCUT2D eigenvalue weighted by Gasteiger charge is 2.01. The molecule has 0 aromatic carbocycles. The van der Waals surface area contributed by atoms with Crippen LogP contribution < -0.4 is 16.4 Å². The van der Waals surface area contributed by atoms with Crippen molar-refractivity contribution in [2.45, 2.75) is 13.5 Å². The molecule has 1 aromatic heterocycles. The second-order valence-corrected chi connectivity index (χ2v) is 3.89. The first-order valence-corrected chi connectivity index (χ1v) is 5.73. The fourth-order valence-corrected chi connectivity index (χ4v) is 1.38. The van der Waals surface area contributed by atoms with Crippen molar-refractivity contribution in [1.82, 2.24) is 15.6 Å². The zero-order valence-corrected chi connectivity index (χ0v) is 10.9. The van der Waals surface area contributed by atoms with Gasteiger partial charge in [0.25, 0.3) is 0 Å². The van der Waals surface area contributed by atoms with Gasteiger partial charge in [0.1, 0.15) is 6.54 Å². The van der Waals surface area contributed by atoms with Crippen LogP contribution in [0.4, 0.5) is 0 Å². The van der Waals surface area contributed by atoms with Crippen molar-refractivity contribution >= 4 is 23.3 Å². The first-order chi connectivity index (χ1) is 8.63. The standard InChI is InChI=1S/C12H15N5S/c1-3-6-15-11(13)17-12(18)16-8-10-9(2)5-4-7-14-10/h1,4-5,7H,6,8H2,2H3,(H4,13,15,16,17,18). The summed E-state index contributed by atoms with van der Waals surface area (Å²) >= 11 is 5.06. The van der Waals surface area contributed by atoms with E-state index in [1.54, 1.807) is 6.20 Å². The number of hydrogen-bond acceptors (Lipinski definition) is 3. The molecule has 0 aliphatic rings. The summed E-state index contributed by atoms with van der Waals surface area (Å²) in [6.45, 7) is 2.74. The molecule has 0 unspecified atom stereocenters. The average Bonchev–Trinajstić information content (AvgIpc) is 2.35. The smallest absolute Gasteiger partial charge is 0.195 e. The van der Waals surface area contributed by atoms with E-state index in [0.29, 0.717) is 11.7 Å². The SMILES string of the molecule is C#CCN=C(N)NC(=S)NCc1ncccc1C. The number of guanidine groups is 1. The van der Waals surface area contributed by atoms with E-state index in [4.69, 9.17) is 24.4 Å². The molecular formula is C12H15N5S. The third kappa shape index (κ3) is 4.80. The van der Waals surface area contributed by atoms with Crippen LogP contribution in [0.1, 0.15) is 11.3 Å². The number of aryl methyl sites for hydroxylation is 1. The van der Waals surface area contributed by atoms with Crippen LogP contribution in [0.5, 0.6) is 0 Å². The van der Waals surface area contributed by atoms with Gasteiger partial charge in [0.2, 0.25) is 0 Å². The number of terminal acetylenes is 1. The fourth-order valence-electron chi connectivity index (χ4n) is 1.20. The van der Waals surface area contributed by atoms with Gasteiger partial charge in [-0.3, -0.25) is 4.98 Å². The van der Waals surface area contributed by atoms with Crippen LogP contribution >= 0.6 is 12.2 Å². The Morgan fingerprint density at radius 2 is 2.44 bits per heavy atom. The van der Waals surface area contributed by atoms with E-state index in [1.807, 2.05) is 19.1 Å². The van der Waals surface area contributed by atoms with Gasteiger partial charge in [0.05, 0.1) is 12.2 Å². The largest absolute Gasteiger partial charge is 0.370 e. The molecule has 0 atom stereocenters. The number of hydrogen-bond donors (Lipinski definition) is 3. The Morgan fingerprint density at radius 3 is 3.11 bits per heavy atom. The number of nitrogens with two attached hydrogens (primary N) is 1. The Hall–Kier alpha value is -2.13. The zero-order valence-electron chi connectivity index (χ0n) is 10.1. The van der Waals surface area contributed by atoms with E-state index in [1.165, 1.54) is 0 Å². The first kappa shape index (κ1) is 13.9. The van der Waals surface area contributed by atoms with Gasteiger partial charge >= 0.3 is 0 Å². The van der Waals surface area contributed by atoms with E-state index in [9.17, 15) is 0 Å². The lowest BCUT2D eigenvalue weighted by Gasteiger charge is -2.10. The van der Waals surface area contributed by atoms with Gasteiger partial charge in [-0.2, -0.15) is 0 Å². The number of nitrogens with zero attached hydrogens (tertiary/aromatic N) is 2. The van der Waals surface area contributed by atoms with Crippen LogP contribution in [0.2, 0.25) is 0 Å². The lowest BCUT2D eigenvalue weighted by Crippen LogP contribution is -2.43. The van der Waals surface area contributed by atoms with Crippen LogP contribution in [-0.4, -0.2) is 22.6 Å². The molecule has 18 heavy (non-hydrogen) atoms. The van der Waals surface area contributed by atoms with E-state index >= 15 is 0 Å². The molecule has 5 nitrogen and oxygen atoms in total. The van der Waals surface area contributed by atoms with Crippen molar-refractivity contribution in [3.63, 3.8) is 0 Å². The number of aliphatic imine (C=N–C) groups is 1. The molecule has 6 heteroatoms. The van der Waals surface area contributed by atoms with Gasteiger partial charge in [-0.15, -0.1) is 6.42 Å². The maximum atomic E-state index is 5.56. The number of rotatable bonds is 3. The Kier molecular flexibility index (Phi) is 5.61. The Balaban J connectivity index is 2.43. The van der Waals surface area contributed by atoms with Crippen LogP contribution in [0.25, 0.3) is 0 Å². The van der Waals surface area contributed by atoms with E-state index in [0.717, 1.165) is 11.3 Å². The number of aromatic nitrogens is 1. The zero-order chi connectivity index (χ0) is 13.4. The minimum Gasteiger partial charge on any atom is -0.370 e. The summed E-state index contributed by atoms with van der Waals surface area (Å²) in [5.74, 6) is 2.55. The van der Waals surface area contributed by atoms with Crippen LogP contribution in [-0.2, 0) is 6.54 Å². The lowest BCUT2D eigenvalue weighted by atomic mass is 10.2. The molecule has 0 fully saturated rings. The molecule has 0 saturated carbocycles. The topological polar surface area (TPSA) is 75.3 Å². The van der Waals surface area contributed by atoms with Crippen LogP contribution in [0.3, 0.4) is 0 Å². The highest BCUT2D eigenvalue weighted by Crippen LogP contribution is 2.01. The quantitative estimate of drug-likeness (QED) is 0.316. The minimum atomic E-state index is 0.197. The van der Waals surface area contributed by atoms with Crippen molar-refractivity contribution in [3.05, 3.63) is 29.6 Å². The van der Waals surface area contributed by atoms with Crippen molar-refractivity contribution in [2.24, 2.45) is 10.7 Å². The third-order valence-electron chi connectivity index (χ3n) is 2.12. The van der Waals surface area contributed by atoms with E-state index < -0.39 is 0 Å². The Labute approximate surface area is 112 Å². The Morgan fingerprint density at radius 1 is 1.67 bits per heavy atom. The number of pyridine rings is 1. The first-order valence-electron chi connectivity index (χ1n) is 5.32. The van der Waals surface area contributed by atoms with Crippen molar-refractivity contribution in [2.75, 3.05) is 6.54 Å². The van der Waals surface area contributed by atoms with E-state index in [-0.39, 0.29) is 12.5 Å². The summed E-state index contributed by atoms with van der Waals surface area (Å²) < 4.78 is 0. The Bertz CT molecular complexity index is 489. The molecule has 0 aliphatic carbocycles.